The molecule has 2 heterocycles. The average molecular weight is 356 g/mol. The van der Waals surface area contributed by atoms with Crippen molar-refractivity contribution in [2.75, 3.05) is 0 Å². The molecule has 0 atom stereocenters. The zero-order valence-electron chi connectivity index (χ0n) is 12.2. The van der Waals surface area contributed by atoms with Crippen LogP contribution in [0.5, 0.6) is 0 Å². The van der Waals surface area contributed by atoms with Gasteiger partial charge in [0.25, 0.3) is 0 Å². The first kappa shape index (κ1) is 16.7. The Morgan fingerprint density at radius 2 is 2.00 bits per heavy atom. The molecule has 1 N–H and O–H groups in total. The lowest BCUT2D eigenvalue weighted by Crippen LogP contribution is -2.17. The lowest BCUT2D eigenvalue weighted by molar-refractivity contribution is -0.138. The Morgan fingerprint density at radius 1 is 1.17 bits per heavy atom. The molecule has 24 heavy (non-hydrogen) atoms. The molecule has 0 aliphatic rings. The highest BCUT2D eigenvalue weighted by Gasteiger charge is 2.33. The van der Waals surface area contributed by atoms with Gasteiger partial charge >= 0.3 is 6.18 Å². The van der Waals surface area contributed by atoms with Crippen LogP contribution in [0.4, 0.5) is 17.6 Å². The van der Waals surface area contributed by atoms with Crippen molar-refractivity contribution in [2.45, 2.75) is 19.3 Å². The van der Waals surface area contributed by atoms with Crippen LogP contribution in [-0.2, 0) is 19.3 Å². The Balaban J connectivity index is 1.65. The zero-order valence-corrected chi connectivity index (χ0v) is 13.0. The maximum Gasteiger partial charge on any atom is 0.416 e. The first-order valence-corrected chi connectivity index (χ1v) is 7.86. The number of hydrogen-bond donors (Lipinski definition) is 1. The number of rotatable bonds is 5. The first-order valence-electron chi connectivity index (χ1n) is 6.98. The molecule has 0 fully saturated rings. The molecule has 0 bridgehead atoms. The lowest BCUT2D eigenvalue weighted by atomic mass is 10.1. The van der Waals surface area contributed by atoms with Crippen LogP contribution < -0.4 is 5.32 Å². The van der Waals surface area contributed by atoms with Crippen molar-refractivity contribution in [3.05, 3.63) is 64.6 Å². The molecule has 0 saturated heterocycles. The number of furan rings is 1. The fourth-order valence-corrected chi connectivity index (χ4v) is 2.98. The Morgan fingerprint density at radius 3 is 2.71 bits per heavy atom. The Labute approximate surface area is 139 Å². The second-order valence-corrected chi connectivity index (χ2v) is 5.88. The van der Waals surface area contributed by atoms with Gasteiger partial charge in [-0.2, -0.15) is 13.2 Å². The number of benzene rings is 1. The van der Waals surface area contributed by atoms with Crippen LogP contribution in [0.2, 0.25) is 0 Å². The van der Waals surface area contributed by atoms with E-state index in [1.165, 1.54) is 11.3 Å². The number of nitrogens with one attached hydrogen (secondary N) is 1. The third kappa shape index (κ3) is 3.82. The van der Waals surface area contributed by atoms with Crippen molar-refractivity contribution in [2.24, 2.45) is 0 Å². The van der Waals surface area contributed by atoms with E-state index in [0.29, 0.717) is 29.1 Å². The minimum absolute atomic E-state index is 0.00890. The zero-order chi connectivity index (χ0) is 17.2. The van der Waals surface area contributed by atoms with Gasteiger partial charge in [-0.15, -0.1) is 11.3 Å². The Kier molecular flexibility index (Phi) is 4.68. The molecule has 8 heteroatoms. The van der Waals surface area contributed by atoms with Gasteiger partial charge in [0, 0.05) is 18.5 Å². The van der Waals surface area contributed by atoms with Crippen molar-refractivity contribution >= 4 is 11.3 Å². The summed E-state index contributed by atoms with van der Waals surface area (Å²) in [5.41, 5.74) is -0.281. The van der Waals surface area contributed by atoms with E-state index in [1.54, 1.807) is 23.8 Å². The van der Waals surface area contributed by atoms with Crippen molar-refractivity contribution in [1.29, 1.82) is 0 Å². The van der Waals surface area contributed by atoms with Crippen LogP contribution in [0.15, 0.2) is 46.4 Å². The molecule has 0 radical (unpaired) electrons. The van der Waals surface area contributed by atoms with Crippen LogP contribution in [0, 0.1) is 5.82 Å². The molecule has 3 aromatic rings. The standard InChI is InChI=1S/C16H12F4N2OS/c17-11-4-3-10(13(6-11)16(18,19)20)7-21-8-12-9-24-15(22-12)14-2-1-5-23-14/h1-6,9,21H,7-8H2. The van der Waals surface area contributed by atoms with Gasteiger partial charge in [-0.3, -0.25) is 0 Å². The topological polar surface area (TPSA) is 38.1 Å². The highest BCUT2D eigenvalue weighted by Crippen LogP contribution is 2.32. The van der Waals surface area contributed by atoms with E-state index in [9.17, 15) is 17.6 Å². The third-order valence-electron chi connectivity index (χ3n) is 3.28. The van der Waals surface area contributed by atoms with Gasteiger partial charge in [0.05, 0.1) is 17.5 Å². The summed E-state index contributed by atoms with van der Waals surface area (Å²) in [5, 5.41) is 5.41. The second-order valence-electron chi connectivity index (χ2n) is 5.02. The summed E-state index contributed by atoms with van der Waals surface area (Å²) in [6.45, 7) is 0.259. The minimum atomic E-state index is -4.59. The van der Waals surface area contributed by atoms with Crippen LogP contribution in [0.25, 0.3) is 10.8 Å². The van der Waals surface area contributed by atoms with E-state index < -0.39 is 17.6 Å². The molecule has 1 aromatic carbocycles. The molecule has 3 rings (SSSR count). The number of thiazole rings is 1. The molecule has 3 nitrogen and oxygen atoms in total. The maximum atomic E-state index is 13.1. The summed E-state index contributed by atoms with van der Waals surface area (Å²) in [5.74, 6) is -0.266. The van der Waals surface area contributed by atoms with Crippen LogP contribution in [0.3, 0.4) is 0 Å². The van der Waals surface area contributed by atoms with Gasteiger partial charge in [0.15, 0.2) is 10.8 Å². The van der Waals surface area contributed by atoms with E-state index in [4.69, 9.17) is 4.42 Å². The predicted octanol–water partition coefficient (Wildman–Crippen LogP) is 4.85. The molecule has 0 amide bonds. The van der Waals surface area contributed by atoms with Crippen molar-refractivity contribution in [3.8, 4) is 10.8 Å². The molecule has 0 spiro atoms. The smallest absolute Gasteiger partial charge is 0.416 e. The fraction of sp³-hybridized carbons (Fsp3) is 0.188. The summed E-state index contributed by atoms with van der Waals surface area (Å²) in [6.07, 6.45) is -3.05. The highest BCUT2D eigenvalue weighted by atomic mass is 32.1. The van der Waals surface area contributed by atoms with E-state index in [2.05, 4.69) is 10.3 Å². The summed E-state index contributed by atoms with van der Waals surface area (Å²) in [7, 11) is 0. The van der Waals surface area contributed by atoms with E-state index in [0.717, 1.165) is 12.1 Å². The summed E-state index contributed by atoms with van der Waals surface area (Å²) in [6, 6.07) is 6.20. The summed E-state index contributed by atoms with van der Waals surface area (Å²) in [4.78, 5) is 4.35. The molecular weight excluding hydrogens is 344 g/mol. The lowest BCUT2D eigenvalue weighted by Gasteiger charge is -2.13. The van der Waals surface area contributed by atoms with E-state index in [1.807, 2.05) is 0 Å². The van der Waals surface area contributed by atoms with Crippen molar-refractivity contribution < 1.29 is 22.0 Å². The van der Waals surface area contributed by atoms with E-state index >= 15 is 0 Å². The Bertz CT molecular complexity index is 812. The number of alkyl halides is 3. The number of nitrogens with zero attached hydrogens (tertiary/aromatic N) is 1. The molecule has 0 saturated carbocycles. The van der Waals surface area contributed by atoms with Crippen molar-refractivity contribution in [3.63, 3.8) is 0 Å². The number of hydrogen-bond acceptors (Lipinski definition) is 4. The SMILES string of the molecule is Fc1ccc(CNCc2csc(-c3ccco3)n2)c(C(F)(F)F)c1. The third-order valence-corrected chi connectivity index (χ3v) is 4.19. The van der Waals surface area contributed by atoms with Gasteiger partial charge < -0.3 is 9.73 Å². The summed E-state index contributed by atoms with van der Waals surface area (Å²) >= 11 is 1.39. The quantitative estimate of drug-likeness (QED) is 0.664. The van der Waals surface area contributed by atoms with Gasteiger partial charge in [-0.05, 0) is 29.8 Å². The monoisotopic (exact) mass is 356 g/mol. The summed E-state index contributed by atoms with van der Waals surface area (Å²) < 4.78 is 57.1. The van der Waals surface area contributed by atoms with Gasteiger partial charge in [0.1, 0.15) is 5.82 Å². The first-order chi connectivity index (χ1) is 11.4. The van der Waals surface area contributed by atoms with Gasteiger partial charge in [-0.25, -0.2) is 9.37 Å². The highest BCUT2D eigenvalue weighted by molar-refractivity contribution is 7.13. The van der Waals surface area contributed by atoms with Gasteiger partial charge in [-0.1, -0.05) is 6.07 Å². The van der Waals surface area contributed by atoms with Crippen molar-refractivity contribution in [1.82, 2.24) is 10.3 Å². The number of halogens is 4. The fourth-order valence-electron chi connectivity index (χ4n) is 2.19. The van der Waals surface area contributed by atoms with Crippen LogP contribution in [0.1, 0.15) is 16.8 Å². The largest absolute Gasteiger partial charge is 0.462 e. The predicted molar refractivity (Wildman–Crippen MR) is 81.8 cm³/mol. The molecule has 0 unspecified atom stereocenters. The average Bonchev–Trinajstić information content (AvgIpc) is 3.18. The molecule has 0 aliphatic carbocycles. The number of aromatic nitrogens is 1. The Hall–Kier alpha value is -2.19. The normalized spacial score (nSPS) is 11.8. The second kappa shape index (κ2) is 6.74. The van der Waals surface area contributed by atoms with Crippen LogP contribution in [-0.4, -0.2) is 4.98 Å². The molecular formula is C16H12F4N2OS. The minimum Gasteiger partial charge on any atom is -0.462 e. The molecule has 126 valence electrons. The maximum absolute atomic E-state index is 13.1. The van der Waals surface area contributed by atoms with Gasteiger partial charge in [0.2, 0.25) is 0 Å². The van der Waals surface area contributed by atoms with Crippen LogP contribution >= 0.6 is 11.3 Å². The molecule has 2 aromatic heterocycles. The van der Waals surface area contributed by atoms with E-state index in [-0.39, 0.29) is 12.1 Å². The molecule has 0 aliphatic heterocycles.